The highest BCUT2D eigenvalue weighted by atomic mass is 16.6. The Bertz CT molecular complexity index is 1120. The van der Waals surface area contributed by atoms with Crippen LogP contribution in [-0.2, 0) is 9.53 Å². The lowest BCUT2D eigenvalue weighted by Gasteiger charge is -2.27. The van der Waals surface area contributed by atoms with Gasteiger partial charge in [0.05, 0.1) is 7.11 Å². The lowest BCUT2D eigenvalue weighted by atomic mass is 10.0. The van der Waals surface area contributed by atoms with Crippen molar-refractivity contribution in [3.05, 3.63) is 83.7 Å². The fraction of sp³-hybridized carbons (Fsp3) is 0.269. The number of pyridine rings is 1. The minimum atomic E-state index is -1.00. The summed E-state index contributed by atoms with van der Waals surface area (Å²) >= 11 is 0. The van der Waals surface area contributed by atoms with Gasteiger partial charge in [0.2, 0.25) is 0 Å². The van der Waals surface area contributed by atoms with E-state index in [-0.39, 0.29) is 11.4 Å². The second-order valence-corrected chi connectivity index (χ2v) is 7.81. The first-order valence-electron chi connectivity index (χ1n) is 10.8. The molecule has 0 saturated carbocycles. The molecule has 8 nitrogen and oxygen atoms in total. The number of nitrogens with one attached hydrogen (secondary N) is 1. The highest BCUT2D eigenvalue weighted by Gasteiger charge is 2.28. The zero-order chi connectivity index (χ0) is 24.7. The quantitative estimate of drug-likeness (QED) is 0.461. The molecule has 0 unspecified atom stereocenters. The molecule has 0 aliphatic carbocycles. The number of carbonyl (C=O) groups excluding carboxylic acids is 2. The van der Waals surface area contributed by atoms with Crippen molar-refractivity contribution >= 4 is 11.9 Å². The summed E-state index contributed by atoms with van der Waals surface area (Å²) in [6, 6.07) is 17.4. The van der Waals surface area contributed by atoms with E-state index >= 15 is 0 Å². The average molecular weight is 465 g/mol. The lowest BCUT2D eigenvalue weighted by Crippen LogP contribution is -2.42. The molecule has 34 heavy (non-hydrogen) atoms. The van der Waals surface area contributed by atoms with E-state index < -0.39 is 35.9 Å². The van der Waals surface area contributed by atoms with Gasteiger partial charge in [-0.05, 0) is 38.5 Å². The molecule has 1 amide bonds. The number of benzene rings is 2. The molecular formula is C26H28N2O6. The van der Waals surface area contributed by atoms with Crippen molar-refractivity contribution in [1.82, 2.24) is 10.3 Å². The Labute approximate surface area is 198 Å². The highest BCUT2D eigenvalue weighted by Crippen LogP contribution is 2.28. The molecule has 1 aromatic heterocycles. The fourth-order valence-corrected chi connectivity index (χ4v) is 3.27. The van der Waals surface area contributed by atoms with Crippen LogP contribution in [0, 0.1) is 6.92 Å². The van der Waals surface area contributed by atoms with Crippen LogP contribution < -0.4 is 14.8 Å². The molecule has 2 aromatic carbocycles. The van der Waals surface area contributed by atoms with Crippen molar-refractivity contribution in [2.45, 2.75) is 39.0 Å². The maximum atomic E-state index is 12.8. The number of aromatic nitrogens is 1. The maximum absolute atomic E-state index is 12.8. The SMILES string of the molecule is COc1ccnc(C(=O)N[C@@H](C)C(=O)O[C@@H](C)[C@H](Oc2ccccc2)c2ccc(C)cc2)c1O. The van der Waals surface area contributed by atoms with Crippen molar-refractivity contribution in [1.29, 1.82) is 0 Å². The maximum Gasteiger partial charge on any atom is 0.328 e. The highest BCUT2D eigenvalue weighted by molar-refractivity contribution is 5.97. The Morgan fingerprint density at radius 3 is 2.32 bits per heavy atom. The number of hydrogen-bond donors (Lipinski definition) is 2. The molecule has 3 aromatic rings. The zero-order valence-electron chi connectivity index (χ0n) is 19.5. The summed E-state index contributed by atoms with van der Waals surface area (Å²) < 4.78 is 16.8. The molecule has 1 heterocycles. The van der Waals surface area contributed by atoms with E-state index in [4.69, 9.17) is 14.2 Å². The summed E-state index contributed by atoms with van der Waals surface area (Å²) in [7, 11) is 1.36. The Morgan fingerprint density at radius 1 is 1.00 bits per heavy atom. The molecule has 0 spiro atoms. The number of ether oxygens (including phenoxy) is 3. The topological polar surface area (TPSA) is 107 Å². The normalized spacial score (nSPS) is 13.3. The third-order valence-electron chi connectivity index (χ3n) is 5.16. The molecule has 0 aliphatic heterocycles. The van der Waals surface area contributed by atoms with Crippen molar-refractivity contribution in [2.75, 3.05) is 7.11 Å². The van der Waals surface area contributed by atoms with Gasteiger partial charge in [-0.1, -0.05) is 48.0 Å². The average Bonchev–Trinajstić information content (AvgIpc) is 2.83. The lowest BCUT2D eigenvalue weighted by molar-refractivity contribution is -0.154. The minimum Gasteiger partial charge on any atom is -0.503 e. The van der Waals surface area contributed by atoms with E-state index in [0.717, 1.165) is 11.1 Å². The van der Waals surface area contributed by atoms with Crippen molar-refractivity contribution in [3.63, 3.8) is 0 Å². The number of aromatic hydroxyl groups is 1. The van der Waals surface area contributed by atoms with Gasteiger partial charge in [0.15, 0.2) is 23.3 Å². The van der Waals surface area contributed by atoms with E-state index in [1.807, 2.05) is 61.5 Å². The molecule has 8 heteroatoms. The number of para-hydroxylation sites is 1. The standard InChI is InChI=1S/C26H28N2O6/c1-16-10-12-19(13-11-16)24(34-20-8-6-5-7-9-20)18(3)33-26(31)17(2)28-25(30)22-23(29)21(32-4)14-15-27-22/h5-15,17-18,24,29H,1-4H3,(H,28,30)/t17-,18-,24-/m0/s1. The van der Waals surface area contributed by atoms with E-state index in [1.165, 1.54) is 26.3 Å². The summed E-state index contributed by atoms with van der Waals surface area (Å²) in [5.41, 5.74) is 1.69. The van der Waals surface area contributed by atoms with E-state index in [9.17, 15) is 14.7 Å². The van der Waals surface area contributed by atoms with Crippen molar-refractivity contribution in [2.24, 2.45) is 0 Å². The summed E-state index contributed by atoms with van der Waals surface area (Å²) in [5, 5.41) is 12.6. The predicted molar refractivity (Wildman–Crippen MR) is 126 cm³/mol. The first kappa shape index (κ1) is 24.6. The smallest absolute Gasteiger partial charge is 0.328 e. The van der Waals surface area contributed by atoms with E-state index in [1.54, 1.807) is 6.92 Å². The van der Waals surface area contributed by atoms with Crippen LogP contribution in [0.3, 0.4) is 0 Å². The predicted octanol–water partition coefficient (Wildman–Crippen LogP) is 3.97. The molecule has 178 valence electrons. The van der Waals surface area contributed by atoms with Gasteiger partial charge in [-0.25, -0.2) is 9.78 Å². The van der Waals surface area contributed by atoms with Gasteiger partial charge in [0.1, 0.15) is 17.9 Å². The van der Waals surface area contributed by atoms with Gasteiger partial charge in [0.25, 0.3) is 5.91 Å². The third kappa shape index (κ3) is 6.04. The van der Waals surface area contributed by atoms with Crippen LogP contribution in [0.2, 0.25) is 0 Å². The van der Waals surface area contributed by atoms with E-state index in [0.29, 0.717) is 5.75 Å². The summed E-state index contributed by atoms with van der Waals surface area (Å²) in [4.78, 5) is 29.2. The van der Waals surface area contributed by atoms with Crippen molar-refractivity contribution in [3.8, 4) is 17.2 Å². The number of nitrogens with zero attached hydrogens (tertiary/aromatic N) is 1. The Morgan fingerprint density at radius 2 is 1.68 bits per heavy atom. The van der Waals surface area contributed by atoms with E-state index in [2.05, 4.69) is 10.3 Å². The summed E-state index contributed by atoms with van der Waals surface area (Å²) in [6.45, 7) is 5.21. The molecule has 0 fully saturated rings. The number of rotatable bonds is 9. The van der Waals surface area contributed by atoms with Crippen LogP contribution in [0.5, 0.6) is 17.2 Å². The Kier molecular flexibility index (Phi) is 8.08. The first-order valence-corrected chi connectivity index (χ1v) is 10.8. The summed E-state index contributed by atoms with van der Waals surface area (Å²) in [6.07, 6.45) is 0.0862. The number of esters is 1. The van der Waals surface area contributed by atoms with Crippen LogP contribution in [0.1, 0.15) is 41.6 Å². The van der Waals surface area contributed by atoms with Crippen molar-refractivity contribution < 1.29 is 28.9 Å². The fourth-order valence-electron chi connectivity index (χ4n) is 3.27. The summed E-state index contributed by atoms with van der Waals surface area (Å²) in [5.74, 6) is -1.06. The second-order valence-electron chi connectivity index (χ2n) is 7.81. The molecule has 0 bridgehead atoms. The molecule has 3 atom stereocenters. The van der Waals surface area contributed by atoms with Crippen LogP contribution >= 0.6 is 0 Å². The largest absolute Gasteiger partial charge is 0.503 e. The molecule has 2 N–H and O–H groups in total. The van der Waals surface area contributed by atoms with Gasteiger partial charge in [-0.3, -0.25) is 4.79 Å². The number of hydrogen-bond acceptors (Lipinski definition) is 7. The van der Waals surface area contributed by atoms with Gasteiger partial charge >= 0.3 is 5.97 Å². The Balaban J connectivity index is 1.71. The second kappa shape index (κ2) is 11.2. The number of methoxy groups -OCH3 is 1. The minimum absolute atomic E-state index is 0.100. The molecule has 0 saturated heterocycles. The van der Waals surface area contributed by atoms with Gasteiger partial charge in [-0.15, -0.1) is 0 Å². The third-order valence-corrected chi connectivity index (χ3v) is 5.16. The molecule has 0 radical (unpaired) electrons. The van der Waals surface area contributed by atoms with Gasteiger partial charge in [-0.2, -0.15) is 0 Å². The van der Waals surface area contributed by atoms with Crippen LogP contribution in [0.15, 0.2) is 66.9 Å². The molecule has 0 aliphatic rings. The first-order chi connectivity index (χ1) is 16.3. The zero-order valence-corrected chi connectivity index (χ0v) is 19.5. The van der Waals surface area contributed by atoms with Crippen LogP contribution in [-0.4, -0.2) is 41.2 Å². The van der Waals surface area contributed by atoms with Crippen LogP contribution in [0.4, 0.5) is 0 Å². The Hall–Kier alpha value is -4.07. The number of amides is 1. The molecule has 3 rings (SSSR count). The van der Waals surface area contributed by atoms with Crippen LogP contribution in [0.25, 0.3) is 0 Å². The number of aryl methyl sites for hydroxylation is 1. The van der Waals surface area contributed by atoms with Gasteiger partial charge < -0.3 is 24.6 Å². The number of carbonyl (C=O) groups is 2. The molecular weight excluding hydrogens is 436 g/mol. The van der Waals surface area contributed by atoms with Gasteiger partial charge in [0, 0.05) is 12.3 Å². The monoisotopic (exact) mass is 464 g/mol.